The summed E-state index contributed by atoms with van der Waals surface area (Å²) in [4.78, 5) is 37.5. The summed E-state index contributed by atoms with van der Waals surface area (Å²) in [5.41, 5.74) is 2.06. The van der Waals surface area contributed by atoms with Crippen LogP contribution in [0.1, 0.15) is 19.4 Å². The molecule has 0 saturated heterocycles. The maximum atomic E-state index is 13.4. The van der Waals surface area contributed by atoms with E-state index < -0.39 is 17.2 Å². The smallest absolute Gasteiger partial charge is 0.321 e. The van der Waals surface area contributed by atoms with E-state index in [2.05, 4.69) is 20.8 Å². The van der Waals surface area contributed by atoms with E-state index in [1.54, 1.807) is 30.4 Å². The summed E-state index contributed by atoms with van der Waals surface area (Å²) in [6.45, 7) is 5.79. The molecule has 10 heteroatoms. The topological polar surface area (TPSA) is 110 Å². The zero-order valence-electron chi connectivity index (χ0n) is 17.8. The van der Waals surface area contributed by atoms with Gasteiger partial charge < -0.3 is 5.32 Å². The highest BCUT2D eigenvalue weighted by Crippen LogP contribution is 2.26. The Morgan fingerprint density at radius 2 is 1.81 bits per heavy atom. The number of aryl methyl sites for hydroxylation is 1. The molecule has 0 aliphatic carbocycles. The van der Waals surface area contributed by atoms with E-state index in [-0.39, 0.29) is 5.56 Å². The Morgan fingerprint density at radius 1 is 1.09 bits per heavy atom. The first-order valence-corrected chi connectivity index (χ1v) is 11.0. The fourth-order valence-corrected chi connectivity index (χ4v) is 4.27. The molecule has 0 spiro atoms. The number of carbonyl (C=O) groups excluding carboxylic acids is 2. The average molecular weight is 451 g/mol. The van der Waals surface area contributed by atoms with Gasteiger partial charge in [0, 0.05) is 6.54 Å². The molecule has 0 fully saturated rings. The summed E-state index contributed by atoms with van der Waals surface area (Å²) >= 11 is 1.16. The number of hydrogen-bond acceptors (Lipinski definition) is 6. The van der Waals surface area contributed by atoms with Gasteiger partial charge in [0.15, 0.2) is 5.16 Å². The second kappa shape index (κ2) is 8.83. The molecule has 2 aromatic carbocycles. The average Bonchev–Trinajstić information content (AvgIpc) is 3.18. The molecule has 32 heavy (non-hydrogen) atoms. The maximum absolute atomic E-state index is 13.4. The van der Waals surface area contributed by atoms with Crippen LogP contribution in [0.4, 0.5) is 4.79 Å². The number of para-hydroxylation sites is 2. The van der Waals surface area contributed by atoms with Crippen molar-refractivity contribution in [1.29, 1.82) is 0 Å². The largest absolute Gasteiger partial charge is 0.338 e. The van der Waals surface area contributed by atoms with Gasteiger partial charge in [-0.1, -0.05) is 42.1 Å². The number of aromatic nitrogens is 4. The zero-order valence-corrected chi connectivity index (χ0v) is 18.6. The molecule has 0 aliphatic heterocycles. The Hall–Kier alpha value is -3.66. The van der Waals surface area contributed by atoms with Crippen LogP contribution < -0.4 is 16.2 Å². The highest BCUT2D eigenvalue weighted by molar-refractivity contribution is 8.00. The van der Waals surface area contributed by atoms with Crippen LogP contribution in [0.5, 0.6) is 0 Å². The van der Waals surface area contributed by atoms with Crippen LogP contribution in [0.3, 0.4) is 0 Å². The molecule has 2 N–H and O–H groups in total. The lowest BCUT2D eigenvalue weighted by Crippen LogP contribution is -2.42. The first kappa shape index (κ1) is 21.6. The molecule has 0 bridgehead atoms. The first-order chi connectivity index (χ1) is 15.4. The number of nitrogens with zero attached hydrogens (tertiary/aromatic N) is 4. The van der Waals surface area contributed by atoms with Crippen LogP contribution >= 0.6 is 11.8 Å². The van der Waals surface area contributed by atoms with Crippen molar-refractivity contribution in [3.05, 3.63) is 64.4 Å². The Morgan fingerprint density at radius 3 is 2.56 bits per heavy atom. The number of urea groups is 1. The number of hydrogen-bond donors (Lipinski definition) is 2. The van der Waals surface area contributed by atoms with Crippen LogP contribution in [0.15, 0.2) is 58.5 Å². The van der Waals surface area contributed by atoms with Gasteiger partial charge in [0.05, 0.1) is 21.8 Å². The minimum Gasteiger partial charge on any atom is -0.338 e. The summed E-state index contributed by atoms with van der Waals surface area (Å²) in [6.07, 6.45) is 0. The molecule has 9 nitrogen and oxygen atoms in total. The summed E-state index contributed by atoms with van der Waals surface area (Å²) in [5, 5.41) is 13.7. The van der Waals surface area contributed by atoms with E-state index in [4.69, 9.17) is 0 Å². The molecule has 3 amide bonds. The van der Waals surface area contributed by atoms with Crippen molar-refractivity contribution in [3.8, 4) is 5.69 Å². The van der Waals surface area contributed by atoms with Crippen molar-refractivity contribution in [3.63, 3.8) is 0 Å². The van der Waals surface area contributed by atoms with E-state index in [9.17, 15) is 14.4 Å². The molecule has 2 heterocycles. The van der Waals surface area contributed by atoms with Crippen LogP contribution in [0.25, 0.3) is 22.4 Å². The molecule has 1 unspecified atom stereocenters. The van der Waals surface area contributed by atoms with Crippen molar-refractivity contribution in [2.45, 2.75) is 31.2 Å². The zero-order chi connectivity index (χ0) is 22.8. The third kappa shape index (κ3) is 3.84. The second-order valence-corrected chi connectivity index (χ2v) is 8.48. The Labute approximate surface area is 187 Å². The Balaban J connectivity index is 1.85. The SMILES string of the molecule is CCNC(=O)NC(=O)C(C)Sc1nnc2n(-c3ccccc3C)c(=O)c3ccccc3n12. The fourth-order valence-electron chi connectivity index (χ4n) is 3.42. The molecule has 2 aromatic heterocycles. The van der Waals surface area contributed by atoms with E-state index in [1.165, 1.54) is 4.57 Å². The molecule has 4 aromatic rings. The van der Waals surface area contributed by atoms with Crippen LogP contribution in [0.2, 0.25) is 0 Å². The summed E-state index contributed by atoms with van der Waals surface area (Å²) < 4.78 is 3.30. The first-order valence-electron chi connectivity index (χ1n) is 10.1. The lowest BCUT2D eigenvalue weighted by atomic mass is 10.2. The number of benzene rings is 2. The van der Waals surface area contributed by atoms with Gasteiger partial charge in [-0.25, -0.2) is 9.36 Å². The van der Waals surface area contributed by atoms with E-state index >= 15 is 0 Å². The predicted octanol–water partition coefficient (Wildman–Crippen LogP) is 2.67. The molecule has 1 atom stereocenters. The molecular formula is C22H22N6O3S. The van der Waals surface area contributed by atoms with Gasteiger partial charge >= 0.3 is 6.03 Å². The highest BCUT2D eigenvalue weighted by Gasteiger charge is 2.23. The van der Waals surface area contributed by atoms with E-state index in [0.29, 0.717) is 34.1 Å². The predicted molar refractivity (Wildman–Crippen MR) is 123 cm³/mol. The Bertz CT molecular complexity index is 1390. The number of rotatable bonds is 5. The lowest BCUT2D eigenvalue weighted by molar-refractivity contribution is -0.119. The molecule has 4 rings (SSSR count). The van der Waals surface area contributed by atoms with Gasteiger partial charge in [-0.2, -0.15) is 0 Å². The molecule has 0 radical (unpaired) electrons. The van der Waals surface area contributed by atoms with Gasteiger partial charge in [-0.05, 0) is 44.5 Å². The molecule has 164 valence electrons. The third-order valence-corrected chi connectivity index (χ3v) is 6.02. The van der Waals surface area contributed by atoms with Gasteiger partial charge in [0.1, 0.15) is 0 Å². The van der Waals surface area contributed by atoms with Gasteiger partial charge in [0.25, 0.3) is 5.56 Å². The van der Waals surface area contributed by atoms with Crippen molar-refractivity contribution in [1.82, 2.24) is 29.8 Å². The number of fused-ring (bicyclic) bond motifs is 3. The normalized spacial score (nSPS) is 12.1. The summed E-state index contributed by atoms with van der Waals surface area (Å²) in [7, 11) is 0. The maximum Gasteiger partial charge on any atom is 0.321 e. The van der Waals surface area contributed by atoms with Crippen LogP contribution in [0, 0.1) is 6.92 Å². The summed E-state index contributed by atoms with van der Waals surface area (Å²) in [5.74, 6) is -0.101. The number of amides is 3. The lowest BCUT2D eigenvalue weighted by Gasteiger charge is -2.14. The Kier molecular flexibility index (Phi) is 5.95. The van der Waals surface area contributed by atoms with Gasteiger partial charge in [-0.15, -0.1) is 10.2 Å². The second-order valence-electron chi connectivity index (χ2n) is 7.17. The summed E-state index contributed by atoms with van der Waals surface area (Å²) in [6, 6.07) is 14.2. The van der Waals surface area contributed by atoms with Crippen LogP contribution in [-0.4, -0.2) is 42.9 Å². The molecular weight excluding hydrogens is 428 g/mol. The number of carbonyl (C=O) groups is 2. The number of thioether (sulfide) groups is 1. The van der Waals surface area contributed by atoms with E-state index in [1.807, 2.05) is 43.3 Å². The van der Waals surface area contributed by atoms with Gasteiger partial charge in [0.2, 0.25) is 11.7 Å². The number of imide groups is 1. The molecule has 0 aliphatic rings. The number of nitrogens with one attached hydrogen (secondary N) is 2. The van der Waals surface area contributed by atoms with Crippen molar-refractivity contribution in [2.75, 3.05) is 6.54 Å². The minimum absolute atomic E-state index is 0.201. The highest BCUT2D eigenvalue weighted by atomic mass is 32.2. The monoisotopic (exact) mass is 450 g/mol. The van der Waals surface area contributed by atoms with E-state index in [0.717, 1.165) is 17.3 Å². The molecule has 0 saturated carbocycles. The van der Waals surface area contributed by atoms with Crippen molar-refractivity contribution >= 4 is 40.4 Å². The standard InChI is InChI=1S/C22H22N6O3S/c1-4-23-20(31)24-18(29)14(3)32-22-26-25-21-27(16-11-7-5-9-13(16)2)19(30)15-10-6-8-12-17(15)28(21)22/h5-12,14H,4H2,1-3H3,(H2,23,24,29,31). The van der Waals surface area contributed by atoms with Crippen LogP contribution in [-0.2, 0) is 4.79 Å². The van der Waals surface area contributed by atoms with Crippen molar-refractivity contribution < 1.29 is 9.59 Å². The fraction of sp³-hybridized carbons (Fsp3) is 0.227. The minimum atomic E-state index is -0.623. The van der Waals surface area contributed by atoms with Gasteiger partial charge in [-0.3, -0.25) is 19.3 Å². The quantitative estimate of drug-likeness (QED) is 0.453. The third-order valence-electron chi connectivity index (χ3n) is 4.98. The van der Waals surface area contributed by atoms with Crippen molar-refractivity contribution in [2.24, 2.45) is 0 Å².